The standard InChI is InChI=1S/C11H21N3O2/c1-13-5-6-16-9(7-13)8-14-4-2-3-10(12)11(14)15/h9-10H,2-8,12H2,1H3. The minimum Gasteiger partial charge on any atom is -0.374 e. The van der Waals surface area contributed by atoms with Crippen LogP contribution in [0.25, 0.3) is 0 Å². The summed E-state index contributed by atoms with van der Waals surface area (Å²) in [5.41, 5.74) is 5.76. The van der Waals surface area contributed by atoms with E-state index in [2.05, 4.69) is 11.9 Å². The fraction of sp³-hybridized carbons (Fsp3) is 0.909. The molecule has 0 aliphatic carbocycles. The normalized spacial score (nSPS) is 33.1. The van der Waals surface area contributed by atoms with Crippen molar-refractivity contribution in [3.05, 3.63) is 0 Å². The van der Waals surface area contributed by atoms with Crippen LogP contribution >= 0.6 is 0 Å². The van der Waals surface area contributed by atoms with Crippen LogP contribution in [0.4, 0.5) is 0 Å². The Morgan fingerprint density at radius 1 is 1.50 bits per heavy atom. The number of ether oxygens (including phenoxy) is 1. The van der Waals surface area contributed by atoms with E-state index in [1.54, 1.807) is 0 Å². The summed E-state index contributed by atoms with van der Waals surface area (Å²) in [6.45, 7) is 4.16. The number of piperidine rings is 1. The van der Waals surface area contributed by atoms with Crippen LogP contribution in [0.5, 0.6) is 0 Å². The fourth-order valence-electron chi connectivity index (χ4n) is 2.37. The highest BCUT2D eigenvalue weighted by Crippen LogP contribution is 2.12. The number of likely N-dealkylation sites (tertiary alicyclic amines) is 1. The van der Waals surface area contributed by atoms with Crippen LogP contribution in [0.15, 0.2) is 0 Å². The van der Waals surface area contributed by atoms with Gasteiger partial charge in [0, 0.05) is 26.2 Å². The largest absolute Gasteiger partial charge is 0.374 e. The fourth-order valence-corrected chi connectivity index (χ4v) is 2.37. The van der Waals surface area contributed by atoms with Gasteiger partial charge in [-0.1, -0.05) is 0 Å². The predicted molar refractivity (Wildman–Crippen MR) is 61.0 cm³/mol. The van der Waals surface area contributed by atoms with Gasteiger partial charge in [-0.2, -0.15) is 0 Å². The number of likely N-dealkylation sites (N-methyl/N-ethyl adjacent to an activating group) is 1. The van der Waals surface area contributed by atoms with Gasteiger partial charge in [0.15, 0.2) is 0 Å². The maximum atomic E-state index is 11.8. The smallest absolute Gasteiger partial charge is 0.239 e. The van der Waals surface area contributed by atoms with Crippen molar-refractivity contribution in [1.29, 1.82) is 0 Å². The first-order valence-electron chi connectivity index (χ1n) is 6.01. The summed E-state index contributed by atoms with van der Waals surface area (Å²) in [6.07, 6.45) is 1.98. The number of morpholine rings is 1. The molecular formula is C11H21N3O2. The highest BCUT2D eigenvalue weighted by atomic mass is 16.5. The van der Waals surface area contributed by atoms with Crippen LogP contribution in [-0.4, -0.2) is 67.7 Å². The zero-order valence-corrected chi connectivity index (χ0v) is 9.89. The molecule has 1 amide bonds. The molecule has 0 saturated carbocycles. The van der Waals surface area contributed by atoms with Crippen molar-refractivity contribution in [2.75, 3.05) is 39.8 Å². The maximum absolute atomic E-state index is 11.8. The molecule has 0 aromatic heterocycles. The van der Waals surface area contributed by atoms with E-state index >= 15 is 0 Å². The number of nitrogens with two attached hydrogens (primary N) is 1. The lowest BCUT2D eigenvalue weighted by Gasteiger charge is -2.36. The monoisotopic (exact) mass is 227 g/mol. The Labute approximate surface area is 96.5 Å². The predicted octanol–water partition coefficient (Wildman–Crippen LogP) is -0.733. The van der Waals surface area contributed by atoms with Gasteiger partial charge in [-0.15, -0.1) is 0 Å². The van der Waals surface area contributed by atoms with Gasteiger partial charge in [-0.05, 0) is 19.9 Å². The van der Waals surface area contributed by atoms with Gasteiger partial charge in [0.25, 0.3) is 0 Å². The van der Waals surface area contributed by atoms with Crippen LogP contribution in [0.1, 0.15) is 12.8 Å². The average Bonchev–Trinajstić information content (AvgIpc) is 2.25. The molecule has 16 heavy (non-hydrogen) atoms. The van der Waals surface area contributed by atoms with E-state index in [4.69, 9.17) is 10.5 Å². The molecule has 0 spiro atoms. The maximum Gasteiger partial charge on any atom is 0.239 e. The van der Waals surface area contributed by atoms with Crippen molar-refractivity contribution >= 4 is 5.91 Å². The quantitative estimate of drug-likeness (QED) is 0.675. The first kappa shape index (κ1) is 11.8. The van der Waals surface area contributed by atoms with Crippen LogP contribution in [0.3, 0.4) is 0 Å². The van der Waals surface area contributed by atoms with Gasteiger partial charge >= 0.3 is 0 Å². The third-order valence-electron chi connectivity index (χ3n) is 3.34. The van der Waals surface area contributed by atoms with E-state index in [9.17, 15) is 4.79 Å². The van der Waals surface area contributed by atoms with E-state index in [0.29, 0.717) is 6.54 Å². The molecule has 92 valence electrons. The summed E-state index contributed by atoms with van der Waals surface area (Å²) in [6, 6.07) is -0.296. The van der Waals surface area contributed by atoms with Crippen LogP contribution in [-0.2, 0) is 9.53 Å². The molecule has 0 aromatic rings. The molecule has 2 N–H and O–H groups in total. The molecule has 2 heterocycles. The molecular weight excluding hydrogens is 206 g/mol. The van der Waals surface area contributed by atoms with Crippen molar-refractivity contribution < 1.29 is 9.53 Å². The van der Waals surface area contributed by atoms with Gasteiger partial charge < -0.3 is 20.3 Å². The van der Waals surface area contributed by atoms with Crippen molar-refractivity contribution in [3.8, 4) is 0 Å². The zero-order valence-electron chi connectivity index (χ0n) is 9.89. The summed E-state index contributed by atoms with van der Waals surface area (Å²) < 4.78 is 5.66. The topological polar surface area (TPSA) is 58.8 Å². The Kier molecular flexibility index (Phi) is 3.78. The van der Waals surface area contributed by atoms with Crippen LogP contribution < -0.4 is 5.73 Å². The van der Waals surface area contributed by atoms with E-state index in [-0.39, 0.29) is 18.1 Å². The van der Waals surface area contributed by atoms with Crippen molar-refractivity contribution in [2.45, 2.75) is 25.0 Å². The second kappa shape index (κ2) is 5.12. The number of amides is 1. The number of hydrogen-bond donors (Lipinski definition) is 1. The summed E-state index contributed by atoms with van der Waals surface area (Å²) in [5, 5.41) is 0. The average molecular weight is 227 g/mol. The third kappa shape index (κ3) is 2.72. The number of rotatable bonds is 2. The first-order valence-corrected chi connectivity index (χ1v) is 6.01. The Morgan fingerprint density at radius 2 is 2.31 bits per heavy atom. The molecule has 2 aliphatic rings. The third-order valence-corrected chi connectivity index (χ3v) is 3.34. The Balaban J connectivity index is 1.86. The Bertz CT molecular complexity index is 260. The molecule has 0 bridgehead atoms. The van der Waals surface area contributed by atoms with Crippen LogP contribution in [0, 0.1) is 0 Å². The molecule has 2 fully saturated rings. The minimum absolute atomic E-state index is 0.0862. The minimum atomic E-state index is -0.296. The van der Waals surface area contributed by atoms with Gasteiger partial charge in [-0.3, -0.25) is 4.79 Å². The number of carbonyl (C=O) groups is 1. The molecule has 0 radical (unpaired) electrons. The molecule has 2 atom stereocenters. The lowest BCUT2D eigenvalue weighted by atomic mass is 10.1. The van der Waals surface area contributed by atoms with Crippen LogP contribution in [0.2, 0.25) is 0 Å². The van der Waals surface area contributed by atoms with Gasteiger partial charge in [-0.25, -0.2) is 0 Å². The summed E-state index contributed by atoms with van der Waals surface area (Å²) in [4.78, 5) is 15.9. The number of nitrogens with zero attached hydrogens (tertiary/aromatic N) is 2. The van der Waals surface area contributed by atoms with Crippen molar-refractivity contribution in [2.24, 2.45) is 5.73 Å². The van der Waals surface area contributed by atoms with E-state index < -0.39 is 0 Å². The van der Waals surface area contributed by atoms with E-state index in [1.165, 1.54) is 0 Å². The Hall–Kier alpha value is -0.650. The zero-order chi connectivity index (χ0) is 11.5. The first-order chi connectivity index (χ1) is 7.66. The SMILES string of the molecule is CN1CCOC(CN2CCCC(N)C2=O)C1. The highest BCUT2D eigenvalue weighted by molar-refractivity contribution is 5.82. The molecule has 2 unspecified atom stereocenters. The molecule has 5 heteroatoms. The van der Waals surface area contributed by atoms with Gasteiger partial charge in [0.1, 0.15) is 0 Å². The summed E-state index contributed by atoms with van der Waals surface area (Å²) >= 11 is 0. The summed E-state index contributed by atoms with van der Waals surface area (Å²) in [5.74, 6) is 0.0862. The Morgan fingerprint density at radius 3 is 3.06 bits per heavy atom. The molecule has 0 aromatic carbocycles. The molecule has 2 aliphatic heterocycles. The number of hydrogen-bond acceptors (Lipinski definition) is 4. The lowest BCUT2D eigenvalue weighted by molar-refractivity contribution is -0.138. The molecule has 2 rings (SSSR count). The second-order valence-corrected chi connectivity index (χ2v) is 4.79. The highest BCUT2D eigenvalue weighted by Gasteiger charge is 2.29. The van der Waals surface area contributed by atoms with Crippen molar-refractivity contribution in [1.82, 2.24) is 9.80 Å². The van der Waals surface area contributed by atoms with Gasteiger partial charge in [0.05, 0.1) is 18.8 Å². The number of carbonyl (C=O) groups excluding carboxylic acids is 1. The van der Waals surface area contributed by atoms with Crippen molar-refractivity contribution in [3.63, 3.8) is 0 Å². The second-order valence-electron chi connectivity index (χ2n) is 4.79. The lowest BCUT2D eigenvalue weighted by Crippen LogP contribution is -2.53. The van der Waals surface area contributed by atoms with E-state index in [1.807, 2.05) is 4.90 Å². The summed E-state index contributed by atoms with van der Waals surface area (Å²) in [7, 11) is 2.08. The van der Waals surface area contributed by atoms with Gasteiger partial charge in [0.2, 0.25) is 5.91 Å². The van der Waals surface area contributed by atoms with E-state index in [0.717, 1.165) is 39.1 Å². The molecule has 2 saturated heterocycles. The molecule has 5 nitrogen and oxygen atoms in total.